The van der Waals surface area contributed by atoms with Crippen molar-refractivity contribution in [3.63, 3.8) is 0 Å². The van der Waals surface area contributed by atoms with Crippen LogP contribution in [0.25, 0.3) is 0 Å². The molecule has 1 atom stereocenters. The molecule has 5 nitrogen and oxygen atoms in total. The zero-order valence-electron chi connectivity index (χ0n) is 13.5. The zero-order valence-corrected chi connectivity index (χ0v) is 14.3. The number of nitrogens with zero attached hydrogens (tertiary/aromatic N) is 1. The normalized spacial score (nSPS) is 20.1. The van der Waals surface area contributed by atoms with Crippen LogP contribution in [0.3, 0.4) is 0 Å². The van der Waals surface area contributed by atoms with Crippen molar-refractivity contribution in [3.8, 4) is 11.5 Å². The number of benzene rings is 2. The molecule has 132 valence electrons. The lowest BCUT2D eigenvalue weighted by atomic mass is 9.98. The minimum absolute atomic E-state index is 0.110. The molecule has 2 aromatic rings. The molecule has 0 spiro atoms. The average molecular weight is 363 g/mol. The summed E-state index contributed by atoms with van der Waals surface area (Å²) >= 11 is 0. The van der Waals surface area contributed by atoms with Crippen LogP contribution in [-0.2, 0) is 15.8 Å². The molecule has 0 N–H and O–H groups in total. The van der Waals surface area contributed by atoms with Gasteiger partial charge in [0.2, 0.25) is 16.8 Å². The van der Waals surface area contributed by atoms with Gasteiger partial charge in [-0.1, -0.05) is 18.2 Å². The topological polar surface area (TPSA) is 55.8 Å². The van der Waals surface area contributed by atoms with Gasteiger partial charge in [-0.05, 0) is 47.7 Å². The Kier molecular flexibility index (Phi) is 4.13. The molecule has 0 radical (unpaired) electrons. The molecule has 1 fully saturated rings. The molecule has 7 heteroatoms. The van der Waals surface area contributed by atoms with Crippen LogP contribution in [0.2, 0.25) is 0 Å². The first-order valence-electron chi connectivity index (χ1n) is 8.13. The van der Waals surface area contributed by atoms with Gasteiger partial charge in [-0.2, -0.15) is 0 Å². The highest BCUT2D eigenvalue weighted by Crippen LogP contribution is 2.37. The van der Waals surface area contributed by atoms with Crippen molar-refractivity contribution in [2.24, 2.45) is 0 Å². The molecule has 0 bridgehead atoms. The smallest absolute Gasteiger partial charge is 0.231 e. The summed E-state index contributed by atoms with van der Waals surface area (Å²) in [6, 6.07) is 11.4. The van der Waals surface area contributed by atoms with E-state index in [0.29, 0.717) is 24.4 Å². The number of hydrogen-bond donors (Lipinski definition) is 0. The first-order valence-corrected chi connectivity index (χ1v) is 9.74. The Morgan fingerprint density at radius 1 is 1.08 bits per heavy atom. The molecular formula is C18H18FNO4S. The largest absolute Gasteiger partial charge is 0.454 e. The predicted molar refractivity (Wildman–Crippen MR) is 90.5 cm³/mol. The van der Waals surface area contributed by atoms with Crippen LogP contribution in [0.15, 0.2) is 42.5 Å². The summed E-state index contributed by atoms with van der Waals surface area (Å²) in [4.78, 5) is 0. The van der Waals surface area contributed by atoms with E-state index in [4.69, 9.17) is 9.47 Å². The van der Waals surface area contributed by atoms with Crippen LogP contribution in [0.1, 0.15) is 23.5 Å². The van der Waals surface area contributed by atoms with Gasteiger partial charge in [-0.15, -0.1) is 0 Å². The highest BCUT2D eigenvalue weighted by Gasteiger charge is 2.32. The van der Waals surface area contributed by atoms with Gasteiger partial charge in [-0.3, -0.25) is 0 Å². The molecule has 0 aliphatic carbocycles. The Morgan fingerprint density at radius 2 is 1.84 bits per heavy atom. The molecule has 1 saturated heterocycles. The molecule has 0 amide bonds. The molecule has 4 rings (SSSR count). The first kappa shape index (κ1) is 16.4. The highest BCUT2D eigenvalue weighted by molar-refractivity contribution is 7.88. The summed E-state index contributed by atoms with van der Waals surface area (Å²) < 4.78 is 50.5. The minimum atomic E-state index is -3.42. The predicted octanol–water partition coefficient (Wildman–Crippen LogP) is 2.87. The average Bonchev–Trinajstić information content (AvgIpc) is 3.25. The Bertz CT molecular complexity index is 882. The van der Waals surface area contributed by atoms with Crippen molar-refractivity contribution < 1.29 is 22.3 Å². The van der Waals surface area contributed by atoms with E-state index >= 15 is 0 Å². The van der Waals surface area contributed by atoms with Gasteiger partial charge in [0.05, 0.1) is 5.75 Å². The molecule has 0 aromatic heterocycles. The SMILES string of the molecule is O=S(=O)(Cc1ccc(F)cc1)N1CCC(c2ccc3c(c2)OCO3)C1. The van der Waals surface area contributed by atoms with Gasteiger partial charge >= 0.3 is 0 Å². The van der Waals surface area contributed by atoms with Gasteiger partial charge in [0.15, 0.2) is 11.5 Å². The van der Waals surface area contributed by atoms with Gasteiger partial charge in [0, 0.05) is 13.1 Å². The Balaban J connectivity index is 1.47. The van der Waals surface area contributed by atoms with E-state index in [9.17, 15) is 12.8 Å². The Labute approximate surface area is 146 Å². The van der Waals surface area contributed by atoms with E-state index < -0.39 is 10.0 Å². The standard InChI is InChI=1S/C18H18FNO4S/c19-16-4-1-13(2-5-16)11-25(21,22)20-8-7-15(10-20)14-3-6-17-18(9-14)24-12-23-17/h1-6,9,15H,7-8,10-12H2. The number of fused-ring (bicyclic) bond motifs is 1. The molecule has 0 saturated carbocycles. The van der Waals surface area contributed by atoms with Crippen molar-refractivity contribution in [1.82, 2.24) is 4.31 Å². The summed E-state index contributed by atoms with van der Waals surface area (Å²) in [6.45, 7) is 1.16. The molecule has 2 aliphatic heterocycles. The summed E-state index contributed by atoms with van der Waals surface area (Å²) in [5.41, 5.74) is 1.65. The molecule has 2 aromatic carbocycles. The Morgan fingerprint density at radius 3 is 2.64 bits per heavy atom. The number of halogens is 1. The second-order valence-corrected chi connectivity index (χ2v) is 8.31. The number of hydrogen-bond acceptors (Lipinski definition) is 4. The van der Waals surface area contributed by atoms with Crippen LogP contribution in [-0.4, -0.2) is 32.6 Å². The summed E-state index contributed by atoms with van der Waals surface area (Å²) in [5, 5.41) is 0. The number of sulfonamides is 1. The summed E-state index contributed by atoms with van der Waals surface area (Å²) in [5.74, 6) is 1.09. The number of rotatable bonds is 4. The first-order chi connectivity index (χ1) is 12.0. The van der Waals surface area contributed by atoms with Crippen LogP contribution in [0.4, 0.5) is 4.39 Å². The lowest BCUT2D eigenvalue weighted by molar-refractivity contribution is 0.174. The van der Waals surface area contributed by atoms with Crippen LogP contribution < -0.4 is 9.47 Å². The quantitative estimate of drug-likeness (QED) is 0.838. The van der Waals surface area contributed by atoms with Crippen molar-refractivity contribution in [3.05, 3.63) is 59.4 Å². The second kappa shape index (κ2) is 6.31. The van der Waals surface area contributed by atoms with E-state index in [1.807, 2.05) is 18.2 Å². The molecule has 25 heavy (non-hydrogen) atoms. The van der Waals surface area contributed by atoms with Crippen molar-refractivity contribution in [2.45, 2.75) is 18.1 Å². The minimum Gasteiger partial charge on any atom is -0.454 e. The maximum atomic E-state index is 13.0. The summed E-state index contributed by atoms with van der Waals surface area (Å²) in [6.07, 6.45) is 0.766. The fraction of sp³-hybridized carbons (Fsp3) is 0.333. The van der Waals surface area contributed by atoms with Gasteiger partial charge in [0.25, 0.3) is 0 Å². The van der Waals surface area contributed by atoms with Crippen molar-refractivity contribution >= 4 is 10.0 Å². The maximum absolute atomic E-state index is 13.0. The molecule has 1 unspecified atom stereocenters. The Hall–Kier alpha value is -2.12. The van der Waals surface area contributed by atoms with E-state index in [2.05, 4.69) is 0 Å². The van der Waals surface area contributed by atoms with E-state index in [1.54, 1.807) is 0 Å². The molecule has 2 aliphatic rings. The third-order valence-electron chi connectivity index (χ3n) is 4.67. The highest BCUT2D eigenvalue weighted by atomic mass is 32.2. The van der Waals surface area contributed by atoms with Gasteiger partial charge < -0.3 is 9.47 Å². The van der Waals surface area contributed by atoms with E-state index in [1.165, 1.54) is 28.6 Å². The third kappa shape index (κ3) is 3.34. The van der Waals surface area contributed by atoms with Crippen molar-refractivity contribution in [2.75, 3.05) is 19.9 Å². The molecule has 2 heterocycles. The van der Waals surface area contributed by atoms with Gasteiger partial charge in [-0.25, -0.2) is 17.1 Å². The maximum Gasteiger partial charge on any atom is 0.231 e. The lowest BCUT2D eigenvalue weighted by Gasteiger charge is -2.17. The van der Waals surface area contributed by atoms with Crippen molar-refractivity contribution in [1.29, 1.82) is 0 Å². The number of ether oxygens (including phenoxy) is 2. The van der Waals surface area contributed by atoms with Crippen LogP contribution in [0, 0.1) is 5.82 Å². The van der Waals surface area contributed by atoms with Gasteiger partial charge in [0.1, 0.15) is 5.82 Å². The third-order valence-corrected chi connectivity index (χ3v) is 6.49. The zero-order chi connectivity index (χ0) is 17.4. The molecular weight excluding hydrogens is 345 g/mol. The van der Waals surface area contributed by atoms with E-state index in [-0.39, 0.29) is 24.3 Å². The fourth-order valence-corrected chi connectivity index (χ4v) is 4.89. The van der Waals surface area contributed by atoms with E-state index in [0.717, 1.165) is 17.7 Å². The summed E-state index contributed by atoms with van der Waals surface area (Å²) in [7, 11) is -3.42. The monoisotopic (exact) mass is 363 g/mol. The second-order valence-electron chi connectivity index (χ2n) is 6.34. The van der Waals surface area contributed by atoms with Crippen LogP contribution in [0.5, 0.6) is 11.5 Å². The van der Waals surface area contributed by atoms with Crippen LogP contribution >= 0.6 is 0 Å². The fourth-order valence-electron chi connectivity index (χ4n) is 3.30. The lowest BCUT2D eigenvalue weighted by Crippen LogP contribution is -2.29.